The van der Waals surface area contributed by atoms with Gasteiger partial charge in [-0.15, -0.1) is 0 Å². The number of aliphatic hydroxyl groups excluding tert-OH is 1. The van der Waals surface area contributed by atoms with Gasteiger partial charge in [0.05, 0.1) is 42.7 Å². The molecule has 0 radical (unpaired) electrons. The fourth-order valence-electron chi connectivity index (χ4n) is 6.34. The van der Waals surface area contributed by atoms with Crippen molar-refractivity contribution in [2.75, 3.05) is 19.6 Å². The standard InChI is InChI=1S/C37H56N6O15S/c1-34(2,3)56-31(46)40-23-15-14-22(18-38-59(52,53)27-13-11-10-12-25(27)43(50)51)54-29(23)55-28-24(41-32(47)57-35(4,5)6)16-21(17-26(28)44)39-30(45)37(49)19-42(20-37)33(48)58-36(7,8)9/h10-14,21,23-24,26,28-29,38,44,49H,15-20H2,1-9H3,(H,39,45)(H,40,46)(H,41,47)/t21-,23-,24+,26-,28-,29-/m1/s1. The Morgan fingerprint density at radius 3 is 2.02 bits per heavy atom. The third-order valence-electron chi connectivity index (χ3n) is 8.83. The number of nitro groups is 1. The molecule has 21 nitrogen and oxygen atoms in total. The van der Waals surface area contributed by atoms with Crippen LogP contribution in [0.3, 0.4) is 0 Å². The maximum Gasteiger partial charge on any atom is 0.410 e. The molecule has 2 aliphatic heterocycles. The van der Waals surface area contributed by atoms with Crippen molar-refractivity contribution in [1.29, 1.82) is 0 Å². The summed E-state index contributed by atoms with van der Waals surface area (Å²) in [6.07, 6.45) is -5.35. The Kier molecular flexibility index (Phi) is 14.2. The number of nitrogens with zero attached hydrogens (tertiary/aromatic N) is 2. The van der Waals surface area contributed by atoms with E-state index in [0.717, 1.165) is 12.1 Å². The Balaban J connectivity index is 1.54. The lowest BCUT2D eigenvalue weighted by atomic mass is 9.84. The Morgan fingerprint density at radius 2 is 1.46 bits per heavy atom. The van der Waals surface area contributed by atoms with Crippen molar-refractivity contribution in [2.24, 2.45) is 0 Å². The van der Waals surface area contributed by atoms with Crippen LogP contribution < -0.4 is 20.7 Å². The minimum atomic E-state index is -4.44. The Hall–Kier alpha value is -4.77. The van der Waals surface area contributed by atoms with Crippen LogP contribution in [0.5, 0.6) is 0 Å². The molecule has 4 rings (SSSR count). The highest BCUT2D eigenvalue weighted by Gasteiger charge is 2.52. The molecular formula is C37H56N6O15S. The van der Waals surface area contributed by atoms with Gasteiger partial charge in [0.2, 0.25) is 16.3 Å². The zero-order valence-electron chi connectivity index (χ0n) is 34.6. The van der Waals surface area contributed by atoms with Crippen LogP contribution in [0.15, 0.2) is 41.0 Å². The maximum absolute atomic E-state index is 13.3. The van der Waals surface area contributed by atoms with Crippen LogP contribution in [0, 0.1) is 10.1 Å². The minimum Gasteiger partial charge on any atom is -0.466 e. The number of hydrogen-bond donors (Lipinski definition) is 6. The number of nitrogens with one attached hydrogen (secondary N) is 4. The summed E-state index contributed by atoms with van der Waals surface area (Å²) >= 11 is 0. The van der Waals surface area contributed by atoms with Crippen molar-refractivity contribution >= 4 is 39.9 Å². The number of hydrogen-bond acceptors (Lipinski definition) is 15. The zero-order chi connectivity index (χ0) is 44.3. The number of aliphatic hydroxyl groups is 2. The molecule has 3 aliphatic rings. The van der Waals surface area contributed by atoms with Crippen LogP contribution in [-0.2, 0) is 38.5 Å². The summed E-state index contributed by atoms with van der Waals surface area (Å²) in [5, 5.41) is 42.1. The van der Waals surface area contributed by atoms with E-state index in [-0.39, 0.29) is 38.1 Å². The van der Waals surface area contributed by atoms with Crippen molar-refractivity contribution in [2.45, 2.75) is 145 Å². The smallest absolute Gasteiger partial charge is 0.410 e. The van der Waals surface area contributed by atoms with E-state index < -0.39 is 115 Å². The molecule has 330 valence electrons. The van der Waals surface area contributed by atoms with E-state index in [1.165, 1.54) is 23.1 Å². The summed E-state index contributed by atoms with van der Waals surface area (Å²) in [6, 6.07) is 1.85. The van der Waals surface area contributed by atoms with E-state index in [0.29, 0.717) is 0 Å². The molecule has 22 heteroatoms. The lowest BCUT2D eigenvalue weighted by molar-refractivity contribution is -0.387. The molecule has 0 spiro atoms. The van der Waals surface area contributed by atoms with E-state index in [1.54, 1.807) is 62.3 Å². The van der Waals surface area contributed by atoms with Crippen molar-refractivity contribution in [3.63, 3.8) is 0 Å². The number of ether oxygens (including phenoxy) is 5. The molecule has 1 saturated heterocycles. The predicted molar refractivity (Wildman–Crippen MR) is 207 cm³/mol. The lowest BCUT2D eigenvalue weighted by Gasteiger charge is -2.46. The first-order valence-electron chi connectivity index (χ1n) is 19.0. The van der Waals surface area contributed by atoms with Crippen LogP contribution in [0.2, 0.25) is 0 Å². The van der Waals surface area contributed by atoms with Gasteiger partial charge in [-0.25, -0.2) is 27.5 Å². The number of carbonyl (C=O) groups excluding carboxylic acids is 4. The van der Waals surface area contributed by atoms with Crippen molar-refractivity contribution in [1.82, 2.24) is 25.6 Å². The summed E-state index contributed by atoms with van der Waals surface area (Å²) in [6.45, 7) is 13.7. The molecule has 59 heavy (non-hydrogen) atoms. The summed E-state index contributed by atoms with van der Waals surface area (Å²) in [5.74, 6) is -0.819. The van der Waals surface area contributed by atoms with Gasteiger partial charge in [0.15, 0.2) is 10.5 Å². The lowest BCUT2D eigenvalue weighted by Crippen LogP contribution is -2.71. The van der Waals surface area contributed by atoms with Gasteiger partial charge >= 0.3 is 18.3 Å². The molecule has 1 aromatic rings. The molecule has 0 aromatic heterocycles. The second kappa shape index (κ2) is 17.8. The van der Waals surface area contributed by atoms with Crippen LogP contribution in [0.25, 0.3) is 0 Å². The number of sulfonamides is 1. The van der Waals surface area contributed by atoms with Crippen LogP contribution in [-0.4, -0.2) is 131 Å². The molecule has 6 N–H and O–H groups in total. The van der Waals surface area contributed by atoms with Gasteiger partial charge in [-0.05, 0) is 93.7 Å². The van der Waals surface area contributed by atoms with Gasteiger partial charge in [0, 0.05) is 12.1 Å². The molecule has 1 aromatic carbocycles. The van der Waals surface area contributed by atoms with Crippen LogP contribution in [0.4, 0.5) is 20.1 Å². The van der Waals surface area contributed by atoms with Crippen molar-refractivity contribution in [3.05, 3.63) is 46.2 Å². The molecule has 4 amide bonds. The number of nitro benzene ring substituents is 1. The second-order valence-electron chi connectivity index (χ2n) is 17.6. The molecular weight excluding hydrogens is 801 g/mol. The molecule has 1 saturated carbocycles. The third-order valence-corrected chi connectivity index (χ3v) is 10.3. The number of benzene rings is 1. The highest BCUT2D eigenvalue weighted by Crippen LogP contribution is 2.31. The van der Waals surface area contributed by atoms with E-state index >= 15 is 0 Å². The monoisotopic (exact) mass is 856 g/mol. The summed E-state index contributed by atoms with van der Waals surface area (Å²) < 4.78 is 57.1. The van der Waals surface area contributed by atoms with Crippen LogP contribution in [0.1, 0.15) is 81.6 Å². The predicted octanol–water partition coefficient (Wildman–Crippen LogP) is 2.30. The summed E-state index contributed by atoms with van der Waals surface area (Å²) in [4.78, 5) is 63.0. The Morgan fingerprint density at radius 1 is 0.898 bits per heavy atom. The Labute approximate surface area is 342 Å². The number of β-amino-alcohol motifs (C(OH)–C–C–N with tert-alkyl or cyclic N) is 1. The molecule has 6 atom stereocenters. The van der Waals surface area contributed by atoms with Gasteiger partial charge in [-0.3, -0.25) is 14.9 Å². The van der Waals surface area contributed by atoms with Crippen LogP contribution >= 0.6 is 0 Å². The SMILES string of the molecule is CC(C)(C)OC(=O)N[C@H]1C[C@@H](NC(=O)C2(O)CN(C(=O)OC(C)(C)C)C2)C[C@@H](O)[C@@H]1O[C@H]1OC(CNS(=O)(=O)c2ccccc2[N+](=O)[O-])=CC[C@H]1NC(=O)OC(C)(C)C. The second-order valence-corrected chi connectivity index (χ2v) is 19.4. The van der Waals surface area contributed by atoms with Crippen molar-refractivity contribution in [3.8, 4) is 0 Å². The third kappa shape index (κ3) is 13.4. The first-order valence-corrected chi connectivity index (χ1v) is 20.4. The fourth-order valence-corrected chi connectivity index (χ4v) is 7.51. The maximum atomic E-state index is 13.3. The molecule has 2 heterocycles. The number of carbonyl (C=O) groups is 4. The Bertz CT molecular complexity index is 1880. The largest absolute Gasteiger partial charge is 0.466 e. The molecule has 2 fully saturated rings. The first kappa shape index (κ1) is 46.9. The van der Waals surface area contributed by atoms with Gasteiger partial charge in [0.1, 0.15) is 28.7 Å². The van der Waals surface area contributed by atoms with Gasteiger partial charge in [0.25, 0.3) is 11.6 Å². The average Bonchev–Trinajstić information content (AvgIpc) is 3.05. The highest BCUT2D eigenvalue weighted by atomic mass is 32.2. The molecule has 0 bridgehead atoms. The average molecular weight is 857 g/mol. The normalized spacial score (nSPS) is 24.6. The molecule has 1 aliphatic carbocycles. The number of alkyl carbamates (subject to hydrolysis) is 2. The van der Waals surface area contributed by atoms with E-state index in [1.807, 2.05) is 0 Å². The minimum absolute atomic E-state index is 0.000608. The first-order chi connectivity index (χ1) is 27.0. The summed E-state index contributed by atoms with van der Waals surface area (Å²) in [5.41, 5.74) is -5.21. The number of amides is 4. The number of para-hydroxylation sites is 1. The van der Waals surface area contributed by atoms with Gasteiger partial charge in [-0.2, -0.15) is 0 Å². The fraction of sp³-hybridized carbons (Fsp3) is 0.676. The van der Waals surface area contributed by atoms with E-state index in [2.05, 4.69) is 20.7 Å². The van der Waals surface area contributed by atoms with Crippen molar-refractivity contribution < 1.29 is 66.4 Å². The topological polar surface area (TPSA) is 284 Å². The number of likely N-dealkylation sites (tertiary alicyclic amines) is 1. The number of rotatable bonds is 11. The zero-order valence-corrected chi connectivity index (χ0v) is 35.4. The molecule has 0 unspecified atom stereocenters. The summed E-state index contributed by atoms with van der Waals surface area (Å²) in [7, 11) is -4.44. The van der Waals surface area contributed by atoms with Gasteiger partial charge in [-0.1, -0.05) is 12.1 Å². The van der Waals surface area contributed by atoms with Gasteiger partial charge < -0.3 is 54.7 Å². The quantitative estimate of drug-likeness (QED) is 0.106. The highest BCUT2D eigenvalue weighted by molar-refractivity contribution is 7.89. The van der Waals surface area contributed by atoms with E-state index in [4.69, 9.17) is 23.7 Å². The van der Waals surface area contributed by atoms with E-state index in [9.17, 15) is 47.9 Å².